The molecule has 3 atom stereocenters. The van der Waals surface area contributed by atoms with Crippen molar-refractivity contribution in [2.24, 2.45) is 5.73 Å². The van der Waals surface area contributed by atoms with Gasteiger partial charge in [0.1, 0.15) is 17.4 Å². The fraction of sp³-hybridized carbons (Fsp3) is 0.344. The van der Waals surface area contributed by atoms with Crippen LogP contribution in [0.5, 0.6) is 5.75 Å². The lowest BCUT2D eigenvalue weighted by Gasteiger charge is -2.36. The average Bonchev–Trinajstić information content (AvgIpc) is 3.11. The molecule has 2 aliphatic rings. The van der Waals surface area contributed by atoms with Gasteiger partial charge in [-0.2, -0.15) is 0 Å². The maximum absolute atomic E-state index is 14.7. The molecule has 0 saturated carbocycles. The summed E-state index contributed by atoms with van der Waals surface area (Å²) in [5, 5.41) is 0. The van der Waals surface area contributed by atoms with Crippen LogP contribution in [0.3, 0.4) is 0 Å². The minimum absolute atomic E-state index is 0. The molecule has 12 heteroatoms. The van der Waals surface area contributed by atoms with Gasteiger partial charge >= 0.3 is 0 Å². The number of carbonyl (C=O) groups excluding carboxylic acids is 3. The quantitative estimate of drug-likeness (QED) is 0.407. The maximum Gasteiger partial charge on any atom is 0.254 e. The molecule has 0 bridgehead atoms. The molecule has 0 aromatic heterocycles. The third kappa shape index (κ3) is 7.41. The first kappa shape index (κ1) is 33.0. The standard InChI is InChI=1S/C32H34F2N4O5.ClH/c1-21(35)31(40)38(28(39)19-22-17-24(33)20-25(34)18-22)29-30(23-7-3-2-4-8-23)43-27-10-6-5-9-26(27)37(32(29)41)12-11-36-13-15-42-16-14-36;/h2-10,17-18,20-21,29-30H,11-16,19,35H2,1H3;1H/t21-,29+,30-;/m0./s1. The normalized spacial score (nSPS) is 19.2. The zero-order valence-corrected chi connectivity index (χ0v) is 25.1. The Hall–Kier alpha value is -3.90. The second-order valence-electron chi connectivity index (χ2n) is 10.7. The van der Waals surface area contributed by atoms with E-state index in [1.807, 2.05) is 0 Å². The highest BCUT2D eigenvalue weighted by molar-refractivity contribution is 6.07. The number of anilines is 1. The van der Waals surface area contributed by atoms with Crippen molar-refractivity contribution >= 4 is 35.8 Å². The van der Waals surface area contributed by atoms with E-state index in [9.17, 15) is 23.2 Å². The molecule has 0 unspecified atom stereocenters. The topological polar surface area (TPSA) is 105 Å². The zero-order valence-electron chi connectivity index (χ0n) is 24.2. The Morgan fingerprint density at radius 3 is 2.27 bits per heavy atom. The summed E-state index contributed by atoms with van der Waals surface area (Å²) in [6, 6.07) is 16.0. The smallest absolute Gasteiger partial charge is 0.254 e. The van der Waals surface area contributed by atoms with E-state index in [-0.39, 0.29) is 24.5 Å². The van der Waals surface area contributed by atoms with Gasteiger partial charge in [-0.3, -0.25) is 24.2 Å². The number of morpholine rings is 1. The number of hydrogen-bond donors (Lipinski definition) is 1. The van der Waals surface area contributed by atoms with E-state index in [2.05, 4.69) is 4.90 Å². The van der Waals surface area contributed by atoms with Crippen molar-refractivity contribution in [1.82, 2.24) is 9.80 Å². The fourth-order valence-electron chi connectivity index (χ4n) is 5.43. The van der Waals surface area contributed by atoms with E-state index >= 15 is 0 Å². The molecule has 9 nitrogen and oxygen atoms in total. The molecule has 0 aliphatic carbocycles. The minimum atomic E-state index is -1.47. The van der Waals surface area contributed by atoms with Crippen molar-refractivity contribution in [2.75, 3.05) is 44.3 Å². The first-order valence-electron chi connectivity index (χ1n) is 14.2. The molecule has 0 radical (unpaired) electrons. The van der Waals surface area contributed by atoms with Gasteiger partial charge in [-0.15, -0.1) is 12.4 Å². The molecule has 3 amide bonds. The van der Waals surface area contributed by atoms with Crippen molar-refractivity contribution in [2.45, 2.75) is 31.5 Å². The minimum Gasteiger partial charge on any atom is -0.481 e. The lowest BCUT2D eigenvalue weighted by molar-refractivity contribution is -0.155. The summed E-state index contributed by atoms with van der Waals surface area (Å²) in [5.74, 6) is -3.53. The van der Waals surface area contributed by atoms with Gasteiger partial charge in [-0.25, -0.2) is 8.78 Å². The van der Waals surface area contributed by atoms with Gasteiger partial charge in [-0.1, -0.05) is 42.5 Å². The number of para-hydroxylation sites is 2. The maximum atomic E-state index is 14.7. The highest BCUT2D eigenvalue weighted by Gasteiger charge is 2.47. The Kier molecular flexibility index (Phi) is 11.0. The van der Waals surface area contributed by atoms with Gasteiger partial charge in [0.25, 0.3) is 5.91 Å². The Morgan fingerprint density at radius 2 is 1.61 bits per heavy atom. The number of hydrogen-bond acceptors (Lipinski definition) is 7. The molecule has 1 fully saturated rings. The second-order valence-corrected chi connectivity index (χ2v) is 10.7. The lowest BCUT2D eigenvalue weighted by Crippen LogP contribution is -2.59. The highest BCUT2D eigenvalue weighted by atomic mass is 35.5. The van der Waals surface area contributed by atoms with E-state index in [0.29, 0.717) is 55.9 Å². The number of ether oxygens (including phenoxy) is 2. The van der Waals surface area contributed by atoms with Crippen LogP contribution < -0.4 is 15.4 Å². The Balaban J connectivity index is 0.00000442. The molecule has 0 spiro atoms. The van der Waals surface area contributed by atoms with Crippen molar-refractivity contribution in [1.29, 1.82) is 0 Å². The molecule has 2 aliphatic heterocycles. The highest BCUT2D eigenvalue weighted by Crippen LogP contribution is 2.39. The number of carbonyl (C=O) groups is 3. The van der Waals surface area contributed by atoms with Gasteiger partial charge < -0.3 is 20.1 Å². The molecule has 3 aromatic carbocycles. The van der Waals surface area contributed by atoms with E-state index in [0.717, 1.165) is 17.0 Å². The second kappa shape index (κ2) is 14.7. The molecular formula is C32H35ClF2N4O5. The van der Waals surface area contributed by atoms with Crippen LogP contribution in [0, 0.1) is 11.6 Å². The lowest BCUT2D eigenvalue weighted by atomic mass is 9.97. The van der Waals surface area contributed by atoms with Crippen molar-refractivity contribution in [3.63, 3.8) is 0 Å². The number of benzene rings is 3. The Labute approximate surface area is 260 Å². The first-order chi connectivity index (χ1) is 20.7. The van der Waals surface area contributed by atoms with Crippen molar-refractivity contribution in [3.8, 4) is 5.75 Å². The third-order valence-corrected chi connectivity index (χ3v) is 7.54. The Bertz CT molecular complexity index is 1450. The summed E-state index contributed by atoms with van der Waals surface area (Å²) in [4.78, 5) is 46.9. The zero-order chi connectivity index (χ0) is 30.5. The number of amides is 3. The number of fused-ring (bicyclic) bond motifs is 1. The van der Waals surface area contributed by atoms with Crippen molar-refractivity contribution in [3.05, 3.63) is 95.6 Å². The summed E-state index contributed by atoms with van der Waals surface area (Å²) in [6.45, 7) is 4.75. The van der Waals surface area contributed by atoms with Gasteiger partial charge in [-0.05, 0) is 42.3 Å². The van der Waals surface area contributed by atoms with Crippen LogP contribution in [0.4, 0.5) is 14.5 Å². The Morgan fingerprint density at radius 1 is 0.977 bits per heavy atom. The molecule has 5 rings (SSSR count). The molecule has 234 valence electrons. The van der Waals surface area contributed by atoms with E-state index in [4.69, 9.17) is 15.2 Å². The van der Waals surface area contributed by atoms with Gasteiger partial charge in [0.05, 0.1) is 31.4 Å². The van der Waals surface area contributed by atoms with Crippen LogP contribution in [0.1, 0.15) is 24.2 Å². The summed E-state index contributed by atoms with van der Waals surface area (Å²) in [5.41, 5.74) is 7.08. The first-order valence-corrected chi connectivity index (χ1v) is 14.2. The summed E-state index contributed by atoms with van der Waals surface area (Å²) < 4.78 is 40.0. The number of halogens is 3. The van der Waals surface area contributed by atoms with E-state index in [1.165, 1.54) is 11.8 Å². The third-order valence-electron chi connectivity index (χ3n) is 7.54. The molecule has 2 heterocycles. The summed E-state index contributed by atoms with van der Waals surface area (Å²) in [7, 11) is 0. The fourth-order valence-corrected chi connectivity index (χ4v) is 5.43. The number of rotatable bonds is 8. The summed E-state index contributed by atoms with van der Waals surface area (Å²) in [6.07, 6.45) is -1.64. The van der Waals surface area contributed by atoms with Crippen LogP contribution in [0.2, 0.25) is 0 Å². The number of nitrogens with zero attached hydrogens (tertiary/aromatic N) is 3. The molecule has 2 N–H and O–H groups in total. The number of imide groups is 1. The van der Waals surface area contributed by atoms with Crippen LogP contribution in [-0.2, 0) is 25.5 Å². The predicted molar refractivity (Wildman–Crippen MR) is 162 cm³/mol. The van der Waals surface area contributed by atoms with Crippen LogP contribution >= 0.6 is 12.4 Å². The van der Waals surface area contributed by atoms with Crippen LogP contribution in [0.15, 0.2) is 72.8 Å². The largest absolute Gasteiger partial charge is 0.481 e. The molecule has 1 saturated heterocycles. The van der Waals surface area contributed by atoms with Gasteiger partial charge in [0, 0.05) is 32.2 Å². The average molecular weight is 629 g/mol. The van der Waals surface area contributed by atoms with Gasteiger partial charge in [0.15, 0.2) is 12.1 Å². The van der Waals surface area contributed by atoms with E-state index in [1.54, 1.807) is 54.6 Å². The SMILES string of the molecule is C[C@H](N)C(=O)N(C(=O)Cc1cc(F)cc(F)c1)[C@H]1C(=O)N(CCN2CCOCC2)c2ccccc2O[C@H]1c1ccccc1.Cl. The number of nitrogens with two attached hydrogens (primary N) is 1. The predicted octanol–water partition coefficient (Wildman–Crippen LogP) is 3.50. The molecular weight excluding hydrogens is 594 g/mol. The molecule has 44 heavy (non-hydrogen) atoms. The van der Waals surface area contributed by atoms with E-state index < -0.39 is 54.0 Å². The monoisotopic (exact) mass is 628 g/mol. The van der Waals surface area contributed by atoms with Crippen LogP contribution in [-0.4, -0.2) is 79.0 Å². The van der Waals surface area contributed by atoms with Crippen molar-refractivity contribution < 1.29 is 32.6 Å². The summed E-state index contributed by atoms with van der Waals surface area (Å²) >= 11 is 0. The van der Waals surface area contributed by atoms with Crippen LogP contribution in [0.25, 0.3) is 0 Å². The van der Waals surface area contributed by atoms with Gasteiger partial charge in [0.2, 0.25) is 11.8 Å². The molecule has 3 aromatic rings.